The molecule has 0 spiro atoms. The SMILES string of the molecule is CCCCOC(=O)C[C@H](O)C(C)(C)C=O. The molecule has 0 aromatic heterocycles. The van der Waals surface area contributed by atoms with Crippen molar-refractivity contribution in [2.75, 3.05) is 6.61 Å². The number of carbonyl (C=O) groups excluding carboxylic acids is 2. The van der Waals surface area contributed by atoms with Gasteiger partial charge in [0.15, 0.2) is 0 Å². The maximum Gasteiger partial charge on any atom is 0.308 e. The maximum atomic E-state index is 11.2. The summed E-state index contributed by atoms with van der Waals surface area (Å²) in [6, 6.07) is 0. The molecule has 4 nitrogen and oxygen atoms in total. The molecular weight excluding hydrogens is 196 g/mol. The topological polar surface area (TPSA) is 63.6 Å². The second kappa shape index (κ2) is 6.56. The lowest BCUT2D eigenvalue weighted by Crippen LogP contribution is -2.33. The predicted molar refractivity (Wildman–Crippen MR) is 56.3 cm³/mol. The lowest BCUT2D eigenvalue weighted by molar-refractivity contribution is -0.148. The molecule has 0 fully saturated rings. The van der Waals surface area contributed by atoms with Crippen LogP contribution in [0, 0.1) is 5.41 Å². The molecule has 0 aromatic carbocycles. The van der Waals surface area contributed by atoms with Gasteiger partial charge < -0.3 is 14.6 Å². The third-order valence-corrected chi connectivity index (χ3v) is 2.28. The first-order valence-electron chi connectivity index (χ1n) is 5.24. The lowest BCUT2D eigenvalue weighted by Gasteiger charge is -2.23. The molecule has 0 rings (SSSR count). The van der Waals surface area contributed by atoms with Crippen molar-refractivity contribution in [3.8, 4) is 0 Å². The van der Waals surface area contributed by atoms with Gasteiger partial charge in [-0.25, -0.2) is 0 Å². The zero-order valence-corrected chi connectivity index (χ0v) is 9.66. The van der Waals surface area contributed by atoms with Crippen molar-refractivity contribution in [2.24, 2.45) is 5.41 Å². The summed E-state index contributed by atoms with van der Waals surface area (Å²) in [7, 11) is 0. The summed E-state index contributed by atoms with van der Waals surface area (Å²) in [5.74, 6) is -0.453. The van der Waals surface area contributed by atoms with Gasteiger partial charge in [0.25, 0.3) is 0 Å². The van der Waals surface area contributed by atoms with Crippen molar-refractivity contribution in [3.05, 3.63) is 0 Å². The van der Waals surface area contributed by atoms with Crippen LogP contribution < -0.4 is 0 Å². The van der Waals surface area contributed by atoms with Crippen LogP contribution >= 0.6 is 0 Å². The molecule has 1 N–H and O–H groups in total. The van der Waals surface area contributed by atoms with Crippen LogP contribution in [0.4, 0.5) is 0 Å². The Morgan fingerprint density at radius 3 is 2.60 bits per heavy atom. The first-order chi connectivity index (χ1) is 6.94. The smallest absolute Gasteiger partial charge is 0.308 e. The molecule has 0 aliphatic heterocycles. The standard InChI is InChI=1S/C11H20O4/c1-4-5-6-15-10(14)7-9(13)11(2,3)8-12/h8-9,13H,4-7H2,1-3H3/t9-/m0/s1. The van der Waals surface area contributed by atoms with Crippen molar-refractivity contribution >= 4 is 12.3 Å². The molecule has 0 heterocycles. The number of hydrogen-bond acceptors (Lipinski definition) is 4. The van der Waals surface area contributed by atoms with E-state index in [2.05, 4.69) is 0 Å². The number of carbonyl (C=O) groups is 2. The summed E-state index contributed by atoms with van der Waals surface area (Å²) >= 11 is 0. The van der Waals surface area contributed by atoms with Crippen molar-refractivity contribution in [3.63, 3.8) is 0 Å². The van der Waals surface area contributed by atoms with Crippen molar-refractivity contribution in [1.29, 1.82) is 0 Å². The van der Waals surface area contributed by atoms with Gasteiger partial charge in [0, 0.05) is 5.41 Å². The highest BCUT2D eigenvalue weighted by Gasteiger charge is 2.29. The van der Waals surface area contributed by atoms with E-state index in [-0.39, 0.29) is 6.42 Å². The van der Waals surface area contributed by atoms with Crippen molar-refractivity contribution in [1.82, 2.24) is 0 Å². The Hall–Kier alpha value is -0.900. The van der Waals surface area contributed by atoms with E-state index in [0.29, 0.717) is 12.9 Å². The summed E-state index contributed by atoms with van der Waals surface area (Å²) in [6.07, 6.45) is 1.31. The minimum atomic E-state index is -0.982. The van der Waals surface area contributed by atoms with Crippen LogP contribution in [0.15, 0.2) is 0 Å². The summed E-state index contributed by atoms with van der Waals surface area (Å²) < 4.78 is 4.88. The first-order valence-corrected chi connectivity index (χ1v) is 5.24. The highest BCUT2D eigenvalue weighted by atomic mass is 16.5. The number of unbranched alkanes of at least 4 members (excludes halogenated alkanes) is 1. The molecule has 0 unspecified atom stereocenters. The van der Waals surface area contributed by atoms with Gasteiger partial charge >= 0.3 is 5.97 Å². The number of aliphatic hydroxyl groups excluding tert-OH is 1. The quantitative estimate of drug-likeness (QED) is 0.396. The average molecular weight is 216 g/mol. The highest BCUT2D eigenvalue weighted by molar-refractivity contribution is 5.71. The molecule has 0 bridgehead atoms. The van der Waals surface area contributed by atoms with Gasteiger partial charge in [-0.05, 0) is 6.42 Å². The van der Waals surface area contributed by atoms with E-state index in [1.807, 2.05) is 6.92 Å². The Bertz CT molecular complexity index is 211. The molecule has 0 aliphatic rings. The zero-order chi connectivity index (χ0) is 11.9. The second-order valence-electron chi connectivity index (χ2n) is 4.23. The minimum absolute atomic E-state index is 0.130. The van der Waals surface area contributed by atoms with Crippen LogP contribution in [0.2, 0.25) is 0 Å². The molecule has 0 aromatic rings. The molecule has 1 atom stereocenters. The van der Waals surface area contributed by atoms with Crippen LogP contribution in [0.3, 0.4) is 0 Å². The van der Waals surface area contributed by atoms with E-state index in [1.165, 1.54) is 0 Å². The van der Waals surface area contributed by atoms with Crippen LogP contribution in [-0.4, -0.2) is 30.1 Å². The molecule has 88 valence electrons. The van der Waals surface area contributed by atoms with E-state index >= 15 is 0 Å². The molecule has 0 aliphatic carbocycles. The summed E-state index contributed by atoms with van der Waals surface area (Å²) in [4.78, 5) is 21.8. The zero-order valence-electron chi connectivity index (χ0n) is 9.66. The Kier molecular flexibility index (Phi) is 6.17. The Balaban J connectivity index is 3.91. The fourth-order valence-electron chi connectivity index (χ4n) is 0.889. The number of aliphatic hydroxyl groups is 1. The van der Waals surface area contributed by atoms with Gasteiger partial charge in [0.1, 0.15) is 6.29 Å². The minimum Gasteiger partial charge on any atom is -0.466 e. The first kappa shape index (κ1) is 14.1. The predicted octanol–water partition coefficient (Wildman–Crippen LogP) is 1.31. The van der Waals surface area contributed by atoms with Gasteiger partial charge in [0.2, 0.25) is 0 Å². The fraction of sp³-hybridized carbons (Fsp3) is 0.818. The fourth-order valence-corrected chi connectivity index (χ4v) is 0.889. The number of rotatable bonds is 7. The number of aldehydes is 1. The maximum absolute atomic E-state index is 11.2. The van der Waals surface area contributed by atoms with Gasteiger partial charge in [-0.15, -0.1) is 0 Å². The van der Waals surface area contributed by atoms with Gasteiger partial charge in [0.05, 0.1) is 19.1 Å². The third kappa shape index (κ3) is 5.52. The largest absolute Gasteiger partial charge is 0.466 e. The Morgan fingerprint density at radius 1 is 1.53 bits per heavy atom. The molecule has 4 heteroatoms. The van der Waals surface area contributed by atoms with Crippen LogP contribution in [0.25, 0.3) is 0 Å². The van der Waals surface area contributed by atoms with E-state index < -0.39 is 17.5 Å². The van der Waals surface area contributed by atoms with Crippen LogP contribution in [0.5, 0.6) is 0 Å². The van der Waals surface area contributed by atoms with E-state index in [0.717, 1.165) is 12.8 Å². The second-order valence-corrected chi connectivity index (χ2v) is 4.23. The summed E-state index contributed by atoms with van der Waals surface area (Å²) in [6.45, 7) is 5.55. The highest BCUT2D eigenvalue weighted by Crippen LogP contribution is 2.20. The van der Waals surface area contributed by atoms with Gasteiger partial charge in [-0.1, -0.05) is 27.2 Å². The number of esters is 1. The number of ether oxygens (including phenoxy) is 1. The van der Waals surface area contributed by atoms with E-state index in [4.69, 9.17) is 4.74 Å². The van der Waals surface area contributed by atoms with Crippen molar-refractivity contribution in [2.45, 2.75) is 46.1 Å². The molecule has 0 radical (unpaired) electrons. The van der Waals surface area contributed by atoms with Gasteiger partial charge in [-0.3, -0.25) is 4.79 Å². The average Bonchev–Trinajstić information content (AvgIpc) is 2.18. The monoisotopic (exact) mass is 216 g/mol. The molecule has 15 heavy (non-hydrogen) atoms. The normalized spacial score (nSPS) is 13.3. The van der Waals surface area contributed by atoms with Crippen LogP contribution in [-0.2, 0) is 14.3 Å². The third-order valence-electron chi connectivity index (χ3n) is 2.28. The molecule has 0 saturated heterocycles. The lowest BCUT2D eigenvalue weighted by atomic mass is 9.86. The molecule has 0 amide bonds. The Morgan fingerprint density at radius 2 is 2.13 bits per heavy atom. The van der Waals surface area contributed by atoms with E-state index in [1.54, 1.807) is 13.8 Å². The Labute approximate surface area is 90.6 Å². The molecular formula is C11H20O4. The summed E-state index contributed by atoms with van der Waals surface area (Å²) in [5.41, 5.74) is -0.899. The van der Waals surface area contributed by atoms with E-state index in [9.17, 15) is 14.7 Å². The van der Waals surface area contributed by atoms with Gasteiger partial charge in [-0.2, -0.15) is 0 Å². The summed E-state index contributed by atoms with van der Waals surface area (Å²) in [5, 5.41) is 9.57. The van der Waals surface area contributed by atoms with Crippen LogP contribution in [0.1, 0.15) is 40.0 Å². The van der Waals surface area contributed by atoms with Crippen molar-refractivity contribution < 1.29 is 19.4 Å². The number of hydrogen-bond donors (Lipinski definition) is 1. The molecule has 0 saturated carbocycles.